The molecule has 2 rings (SSSR count). The number of rotatable bonds is 5. The van der Waals surface area contributed by atoms with E-state index in [1.807, 2.05) is 25.1 Å². The fourth-order valence-corrected chi connectivity index (χ4v) is 3.04. The summed E-state index contributed by atoms with van der Waals surface area (Å²) in [6.45, 7) is 2.00. The summed E-state index contributed by atoms with van der Waals surface area (Å²) in [4.78, 5) is 12.7. The topological polar surface area (TPSA) is 54.9 Å². The molecule has 7 heteroatoms. The molecule has 0 aliphatic heterocycles. The van der Waals surface area contributed by atoms with Crippen molar-refractivity contribution in [2.24, 2.45) is 0 Å². The second-order valence-electron chi connectivity index (χ2n) is 3.62. The van der Waals surface area contributed by atoms with Gasteiger partial charge in [-0.3, -0.25) is 10.1 Å². The van der Waals surface area contributed by atoms with Crippen LogP contribution in [0.15, 0.2) is 29.2 Å². The van der Waals surface area contributed by atoms with Gasteiger partial charge in [0.25, 0.3) is 0 Å². The molecule has 0 bridgehead atoms. The van der Waals surface area contributed by atoms with Crippen LogP contribution in [0.2, 0.25) is 5.02 Å². The lowest BCUT2D eigenvalue weighted by Crippen LogP contribution is -2.13. The van der Waals surface area contributed by atoms with Crippen molar-refractivity contribution < 1.29 is 4.79 Å². The Labute approximate surface area is 124 Å². The van der Waals surface area contributed by atoms with E-state index in [9.17, 15) is 4.79 Å². The van der Waals surface area contributed by atoms with Crippen LogP contribution in [0, 0.1) is 0 Å². The summed E-state index contributed by atoms with van der Waals surface area (Å²) in [6.07, 6.45) is 0.821. The van der Waals surface area contributed by atoms with E-state index in [4.69, 9.17) is 11.6 Å². The molecule has 0 aliphatic carbocycles. The molecule has 1 aromatic carbocycles. The van der Waals surface area contributed by atoms with Crippen LogP contribution in [-0.2, 0) is 11.2 Å². The first-order valence-electron chi connectivity index (χ1n) is 5.68. The predicted molar refractivity (Wildman–Crippen MR) is 80.1 cm³/mol. The number of carbonyl (C=O) groups excluding carboxylic acids is 1. The van der Waals surface area contributed by atoms with Gasteiger partial charge in [0.1, 0.15) is 5.01 Å². The van der Waals surface area contributed by atoms with Crippen molar-refractivity contribution in [3.05, 3.63) is 34.3 Å². The highest BCUT2D eigenvalue weighted by atomic mass is 35.5. The van der Waals surface area contributed by atoms with Crippen molar-refractivity contribution in [2.75, 3.05) is 11.1 Å². The van der Waals surface area contributed by atoms with Crippen molar-refractivity contribution in [3.63, 3.8) is 0 Å². The fraction of sp³-hybridized carbons (Fsp3) is 0.250. The molecule has 0 aliphatic rings. The zero-order valence-corrected chi connectivity index (χ0v) is 12.6. The molecule has 0 unspecified atom stereocenters. The van der Waals surface area contributed by atoms with Gasteiger partial charge in [-0.05, 0) is 18.6 Å². The third kappa shape index (κ3) is 4.19. The molecule has 0 saturated heterocycles. The summed E-state index contributed by atoms with van der Waals surface area (Å²) < 4.78 is 0. The minimum Gasteiger partial charge on any atom is -0.300 e. The van der Waals surface area contributed by atoms with Crippen LogP contribution < -0.4 is 5.32 Å². The lowest BCUT2D eigenvalue weighted by molar-refractivity contribution is -0.113. The number of aromatic nitrogens is 2. The minimum atomic E-state index is -0.108. The molecule has 1 N–H and O–H groups in total. The Bertz CT molecular complexity index is 574. The summed E-state index contributed by atoms with van der Waals surface area (Å²) in [5.41, 5.74) is 0. The molecule has 0 saturated carbocycles. The minimum absolute atomic E-state index is 0.108. The van der Waals surface area contributed by atoms with Gasteiger partial charge in [0.05, 0.1) is 10.8 Å². The Morgan fingerprint density at radius 1 is 1.42 bits per heavy atom. The quantitative estimate of drug-likeness (QED) is 0.859. The number of carbonyl (C=O) groups is 1. The number of hydrogen-bond acceptors (Lipinski definition) is 5. The van der Waals surface area contributed by atoms with Crippen molar-refractivity contribution in [2.45, 2.75) is 18.2 Å². The molecule has 1 amide bonds. The maximum Gasteiger partial charge on any atom is 0.236 e. The number of anilines is 1. The highest BCUT2D eigenvalue weighted by Crippen LogP contribution is 2.26. The average molecular weight is 314 g/mol. The van der Waals surface area contributed by atoms with E-state index < -0.39 is 0 Å². The summed E-state index contributed by atoms with van der Waals surface area (Å²) >= 11 is 8.81. The van der Waals surface area contributed by atoms with E-state index in [1.54, 1.807) is 6.07 Å². The molecule has 0 spiro atoms. The van der Waals surface area contributed by atoms with Gasteiger partial charge in [-0.1, -0.05) is 42.0 Å². The number of aryl methyl sites for hydroxylation is 1. The second-order valence-corrected chi connectivity index (χ2v) is 6.11. The Kier molecular flexibility index (Phi) is 5.18. The Morgan fingerprint density at radius 3 is 2.89 bits per heavy atom. The van der Waals surface area contributed by atoms with Crippen molar-refractivity contribution in [1.29, 1.82) is 0 Å². The first-order chi connectivity index (χ1) is 9.19. The van der Waals surface area contributed by atoms with Gasteiger partial charge in [-0.25, -0.2) is 0 Å². The number of halogens is 1. The molecule has 2 aromatic rings. The van der Waals surface area contributed by atoms with Crippen LogP contribution in [0.5, 0.6) is 0 Å². The summed E-state index contributed by atoms with van der Waals surface area (Å²) in [6, 6.07) is 7.45. The molecule has 0 atom stereocenters. The molecule has 0 radical (unpaired) electrons. The van der Waals surface area contributed by atoms with Gasteiger partial charge < -0.3 is 0 Å². The molecule has 1 aromatic heterocycles. The van der Waals surface area contributed by atoms with Crippen LogP contribution >= 0.6 is 34.7 Å². The van der Waals surface area contributed by atoms with Crippen LogP contribution in [0.1, 0.15) is 11.9 Å². The van der Waals surface area contributed by atoms with Crippen molar-refractivity contribution in [3.8, 4) is 0 Å². The van der Waals surface area contributed by atoms with Crippen LogP contribution in [0.3, 0.4) is 0 Å². The van der Waals surface area contributed by atoms with Gasteiger partial charge in [-0.15, -0.1) is 22.0 Å². The Balaban J connectivity index is 1.86. The zero-order chi connectivity index (χ0) is 13.7. The van der Waals surface area contributed by atoms with Gasteiger partial charge >= 0.3 is 0 Å². The summed E-state index contributed by atoms with van der Waals surface area (Å²) in [5.74, 6) is 0.189. The third-order valence-electron chi connectivity index (χ3n) is 2.21. The molecule has 100 valence electrons. The number of nitrogens with zero attached hydrogens (tertiary/aromatic N) is 2. The molecule has 1 heterocycles. The summed E-state index contributed by atoms with van der Waals surface area (Å²) in [7, 11) is 0. The zero-order valence-electron chi connectivity index (χ0n) is 10.2. The van der Waals surface area contributed by atoms with Crippen molar-refractivity contribution in [1.82, 2.24) is 10.2 Å². The van der Waals surface area contributed by atoms with E-state index in [1.165, 1.54) is 23.1 Å². The van der Waals surface area contributed by atoms with E-state index in [0.29, 0.717) is 15.9 Å². The molecule has 4 nitrogen and oxygen atoms in total. The Morgan fingerprint density at radius 2 is 2.21 bits per heavy atom. The summed E-state index contributed by atoms with van der Waals surface area (Å²) in [5, 5.41) is 12.7. The molecule has 19 heavy (non-hydrogen) atoms. The average Bonchev–Trinajstić information content (AvgIpc) is 2.85. The van der Waals surface area contributed by atoms with Gasteiger partial charge in [0, 0.05) is 4.90 Å². The number of amides is 1. The van der Waals surface area contributed by atoms with Crippen LogP contribution in [-0.4, -0.2) is 21.9 Å². The normalized spacial score (nSPS) is 10.4. The van der Waals surface area contributed by atoms with Crippen molar-refractivity contribution >= 4 is 45.7 Å². The van der Waals surface area contributed by atoms with E-state index in [-0.39, 0.29) is 5.91 Å². The second kappa shape index (κ2) is 6.88. The number of nitrogens with one attached hydrogen (secondary N) is 1. The number of benzene rings is 1. The van der Waals surface area contributed by atoms with Gasteiger partial charge in [0.2, 0.25) is 11.0 Å². The standard InChI is InChI=1S/C12H12ClN3OS2/c1-2-11-15-16-12(19-11)14-10(17)7-18-9-6-4-3-5-8(9)13/h3-6H,2,7H2,1H3,(H,14,16,17). The largest absolute Gasteiger partial charge is 0.300 e. The van der Waals surface area contributed by atoms with Gasteiger partial charge in [0.15, 0.2) is 0 Å². The first kappa shape index (κ1) is 14.3. The number of thioether (sulfide) groups is 1. The van der Waals surface area contributed by atoms with Crippen LogP contribution in [0.4, 0.5) is 5.13 Å². The maximum atomic E-state index is 11.8. The van der Waals surface area contributed by atoms with E-state index in [2.05, 4.69) is 15.5 Å². The lowest BCUT2D eigenvalue weighted by atomic mass is 10.4. The SMILES string of the molecule is CCc1nnc(NC(=O)CSc2ccccc2Cl)s1. The Hall–Kier alpha value is -1.11. The third-order valence-corrected chi connectivity index (χ3v) is 4.71. The van der Waals surface area contributed by atoms with Crippen LogP contribution in [0.25, 0.3) is 0 Å². The van der Waals surface area contributed by atoms with Gasteiger partial charge in [-0.2, -0.15) is 0 Å². The first-order valence-corrected chi connectivity index (χ1v) is 7.86. The number of hydrogen-bond donors (Lipinski definition) is 1. The lowest BCUT2D eigenvalue weighted by Gasteiger charge is -2.03. The molecular weight excluding hydrogens is 302 g/mol. The van der Waals surface area contributed by atoms with E-state index >= 15 is 0 Å². The monoisotopic (exact) mass is 313 g/mol. The smallest absolute Gasteiger partial charge is 0.236 e. The fourth-order valence-electron chi connectivity index (χ4n) is 1.31. The predicted octanol–water partition coefficient (Wildman–Crippen LogP) is 3.48. The highest BCUT2D eigenvalue weighted by molar-refractivity contribution is 8.00. The molecule has 0 fully saturated rings. The molecular formula is C12H12ClN3OS2. The maximum absolute atomic E-state index is 11.8. The highest BCUT2D eigenvalue weighted by Gasteiger charge is 2.09. The van der Waals surface area contributed by atoms with E-state index in [0.717, 1.165) is 16.3 Å².